The molecule has 0 aliphatic carbocycles. The van der Waals surface area contributed by atoms with Crippen LogP contribution in [0, 0.1) is 0 Å². The van der Waals surface area contributed by atoms with E-state index in [2.05, 4.69) is 5.32 Å². The van der Waals surface area contributed by atoms with Gasteiger partial charge in [0.25, 0.3) is 0 Å². The van der Waals surface area contributed by atoms with Gasteiger partial charge in [-0.15, -0.1) is 0 Å². The average Bonchev–Trinajstić information content (AvgIpc) is 2.94. The number of aliphatic hydroxyl groups excluding tert-OH is 1. The van der Waals surface area contributed by atoms with E-state index in [9.17, 15) is 9.90 Å². The zero-order valence-corrected chi connectivity index (χ0v) is 21.6. The fourth-order valence-corrected chi connectivity index (χ4v) is 4.02. The van der Waals surface area contributed by atoms with Crippen molar-refractivity contribution in [2.75, 3.05) is 32.8 Å². The molecule has 0 aliphatic rings. The van der Waals surface area contributed by atoms with Crippen molar-refractivity contribution in [2.45, 2.75) is 44.6 Å². The van der Waals surface area contributed by atoms with Gasteiger partial charge < -0.3 is 29.4 Å². The molecule has 0 unspecified atom stereocenters. The molecule has 0 fully saturated rings. The minimum atomic E-state index is -0.344. The lowest BCUT2D eigenvalue weighted by atomic mass is 9.99. The Morgan fingerprint density at radius 1 is 0.865 bits per heavy atom. The highest BCUT2D eigenvalue weighted by Crippen LogP contribution is 2.27. The van der Waals surface area contributed by atoms with Crippen LogP contribution in [0.5, 0.6) is 11.5 Å². The molecular weight excluding hydrogens is 470 g/mol. The maximum absolute atomic E-state index is 13.0. The van der Waals surface area contributed by atoms with Crippen molar-refractivity contribution in [3.63, 3.8) is 0 Å². The van der Waals surface area contributed by atoms with Crippen LogP contribution in [0.3, 0.4) is 0 Å². The van der Waals surface area contributed by atoms with E-state index in [0.29, 0.717) is 31.8 Å². The van der Waals surface area contributed by atoms with E-state index in [4.69, 9.17) is 18.9 Å². The van der Waals surface area contributed by atoms with Crippen LogP contribution in [0.1, 0.15) is 30.4 Å². The summed E-state index contributed by atoms with van der Waals surface area (Å²) in [7, 11) is 3.24. The standard InChI is InChI=1S/C30H37NO6/c1-34-26-16-14-24(15-17-26)20-36-22-25(33)19-28(31-27-11-6-7-12-29(27)35-2)30(13-8-18-32)37-21-23-9-4-3-5-10-23/h3-7,9-12,14-17,28,30-32H,8,13,18-22H2,1-2H3/t28-,30+/m1/s1. The second-order valence-corrected chi connectivity index (χ2v) is 8.74. The predicted molar refractivity (Wildman–Crippen MR) is 144 cm³/mol. The Bertz CT molecular complexity index is 1060. The zero-order chi connectivity index (χ0) is 26.3. The number of hydrogen-bond donors (Lipinski definition) is 2. The molecule has 0 amide bonds. The SMILES string of the molecule is COc1ccc(COCC(=O)C[C@@H](Nc2ccccc2OC)[C@H](CCCO)OCc2ccccc2)cc1. The zero-order valence-electron chi connectivity index (χ0n) is 21.6. The molecule has 0 radical (unpaired) electrons. The lowest BCUT2D eigenvalue weighted by Crippen LogP contribution is -2.38. The quantitative estimate of drug-likeness (QED) is 0.265. The highest BCUT2D eigenvalue weighted by atomic mass is 16.5. The van der Waals surface area contributed by atoms with E-state index in [1.807, 2.05) is 78.9 Å². The first-order valence-corrected chi connectivity index (χ1v) is 12.5. The largest absolute Gasteiger partial charge is 0.497 e. The van der Waals surface area contributed by atoms with Gasteiger partial charge in [-0.1, -0.05) is 54.6 Å². The molecule has 7 nitrogen and oxygen atoms in total. The molecule has 0 heterocycles. The maximum atomic E-state index is 13.0. The Kier molecular flexibility index (Phi) is 11.9. The normalized spacial score (nSPS) is 12.5. The predicted octanol–water partition coefficient (Wildman–Crippen LogP) is 5.02. The second-order valence-electron chi connectivity index (χ2n) is 8.74. The summed E-state index contributed by atoms with van der Waals surface area (Å²) in [5.41, 5.74) is 2.78. The Morgan fingerprint density at radius 2 is 1.57 bits per heavy atom. The molecule has 2 atom stereocenters. The highest BCUT2D eigenvalue weighted by Gasteiger charge is 2.26. The van der Waals surface area contributed by atoms with E-state index in [-0.39, 0.29) is 37.6 Å². The highest BCUT2D eigenvalue weighted by molar-refractivity contribution is 5.81. The number of nitrogens with one attached hydrogen (secondary N) is 1. The summed E-state index contributed by atoms with van der Waals surface area (Å²) in [5, 5.41) is 13.0. The van der Waals surface area contributed by atoms with E-state index >= 15 is 0 Å². The number of methoxy groups -OCH3 is 2. The Balaban J connectivity index is 1.69. The van der Waals surface area contributed by atoms with Crippen molar-refractivity contribution < 1.29 is 28.8 Å². The number of anilines is 1. The molecule has 0 aliphatic heterocycles. The van der Waals surface area contributed by atoms with Crippen molar-refractivity contribution >= 4 is 11.5 Å². The molecule has 0 aromatic heterocycles. The van der Waals surface area contributed by atoms with E-state index in [0.717, 1.165) is 22.6 Å². The number of para-hydroxylation sites is 2. The van der Waals surface area contributed by atoms with Gasteiger partial charge in [-0.25, -0.2) is 0 Å². The first kappa shape index (κ1) is 28.2. The van der Waals surface area contributed by atoms with Crippen LogP contribution in [-0.2, 0) is 27.5 Å². The van der Waals surface area contributed by atoms with Crippen molar-refractivity contribution in [3.05, 3.63) is 90.0 Å². The van der Waals surface area contributed by atoms with Crippen molar-refractivity contribution in [3.8, 4) is 11.5 Å². The average molecular weight is 508 g/mol. The van der Waals surface area contributed by atoms with Crippen LogP contribution in [0.2, 0.25) is 0 Å². The molecule has 37 heavy (non-hydrogen) atoms. The topological polar surface area (TPSA) is 86.3 Å². The van der Waals surface area contributed by atoms with Gasteiger partial charge in [0.05, 0.1) is 45.3 Å². The van der Waals surface area contributed by atoms with Gasteiger partial charge in [-0.2, -0.15) is 0 Å². The number of ketones is 1. The van der Waals surface area contributed by atoms with Gasteiger partial charge in [0.2, 0.25) is 0 Å². The van der Waals surface area contributed by atoms with Crippen LogP contribution in [0.25, 0.3) is 0 Å². The first-order chi connectivity index (χ1) is 18.1. The van der Waals surface area contributed by atoms with Gasteiger partial charge in [0.1, 0.15) is 18.1 Å². The van der Waals surface area contributed by atoms with Gasteiger partial charge in [-0.05, 0) is 48.2 Å². The third kappa shape index (κ3) is 9.53. The molecule has 3 aromatic rings. The summed E-state index contributed by atoms with van der Waals surface area (Å²) in [4.78, 5) is 13.0. The summed E-state index contributed by atoms with van der Waals surface area (Å²) in [6.07, 6.45) is 1.04. The Morgan fingerprint density at radius 3 is 2.27 bits per heavy atom. The van der Waals surface area contributed by atoms with Crippen LogP contribution >= 0.6 is 0 Å². The summed E-state index contributed by atoms with van der Waals surface area (Å²) in [6.45, 7) is 0.773. The lowest BCUT2D eigenvalue weighted by Gasteiger charge is -2.29. The maximum Gasteiger partial charge on any atom is 0.160 e. The molecule has 7 heteroatoms. The molecule has 198 valence electrons. The molecular formula is C30H37NO6. The van der Waals surface area contributed by atoms with E-state index in [1.165, 1.54) is 0 Å². The Labute approximate surface area is 219 Å². The number of carbonyl (C=O) groups excluding carboxylic acids is 1. The van der Waals surface area contributed by atoms with Gasteiger partial charge in [-0.3, -0.25) is 4.79 Å². The third-order valence-corrected chi connectivity index (χ3v) is 5.99. The molecule has 0 spiro atoms. The van der Waals surface area contributed by atoms with Gasteiger partial charge >= 0.3 is 0 Å². The summed E-state index contributed by atoms with van der Waals surface area (Å²) < 4.78 is 22.7. The number of carbonyl (C=O) groups is 1. The third-order valence-electron chi connectivity index (χ3n) is 5.99. The molecule has 0 saturated heterocycles. The number of benzene rings is 3. The first-order valence-electron chi connectivity index (χ1n) is 12.5. The van der Waals surface area contributed by atoms with Crippen molar-refractivity contribution in [1.82, 2.24) is 0 Å². The smallest absolute Gasteiger partial charge is 0.160 e. The van der Waals surface area contributed by atoms with Crippen LogP contribution in [0.4, 0.5) is 5.69 Å². The molecule has 3 aromatic carbocycles. The summed E-state index contributed by atoms with van der Waals surface area (Å²) >= 11 is 0. The molecule has 0 saturated carbocycles. The van der Waals surface area contributed by atoms with Crippen LogP contribution in [-0.4, -0.2) is 50.5 Å². The number of aliphatic hydroxyl groups is 1. The van der Waals surface area contributed by atoms with Crippen LogP contribution < -0.4 is 14.8 Å². The number of ether oxygens (including phenoxy) is 4. The van der Waals surface area contributed by atoms with E-state index < -0.39 is 0 Å². The minimum Gasteiger partial charge on any atom is -0.497 e. The fraction of sp³-hybridized carbons (Fsp3) is 0.367. The number of Topliss-reactive ketones (excluding diaryl/α,β-unsaturated/α-hetero) is 1. The monoisotopic (exact) mass is 507 g/mol. The molecule has 2 N–H and O–H groups in total. The fourth-order valence-electron chi connectivity index (χ4n) is 4.02. The number of hydrogen-bond acceptors (Lipinski definition) is 7. The second kappa shape index (κ2) is 15.7. The molecule has 3 rings (SSSR count). The number of rotatable bonds is 17. The Hall–Kier alpha value is -3.39. The van der Waals surface area contributed by atoms with Crippen LogP contribution in [0.15, 0.2) is 78.9 Å². The summed E-state index contributed by atoms with van der Waals surface area (Å²) in [6, 6.07) is 24.7. The minimum absolute atomic E-state index is 0.0124. The molecule has 0 bridgehead atoms. The summed E-state index contributed by atoms with van der Waals surface area (Å²) in [5.74, 6) is 1.41. The van der Waals surface area contributed by atoms with E-state index in [1.54, 1.807) is 14.2 Å². The van der Waals surface area contributed by atoms with Gasteiger partial charge in [0, 0.05) is 13.0 Å². The van der Waals surface area contributed by atoms with Gasteiger partial charge in [0.15, 0.2) is 5.78 Å². The lowest BCUT2D eigenvalue weighted by molar-refractivity contribution is -0.125. The van der Waals surface area contributed by atoms with Crippen molar-refractivity contribution in [1.29, 1.82) is 0 Å². The van der Waals surface area contributed by atoms with Crippen molar-refractivity contribution in [2.24, 2.45) is 0 Å².